The summed E-state index contributed by atoms with van der Waals surface area (Å²) in [6.07, 6.45) is 0. The maximum absolute atomic E-state index is 10.7. The Morgan fingerprint density at radius 3 is 1.73 bits per heavy atom. The van der Waals surface area contributed by atoms with E-state index >= 15 is 0 Å². The van der Waals surface area contributed by atoms with Gasteiger partial charge < -0.3 is 0 Å². The summed E-state index contributed by atoms with van der Waals surface area (Å²) in [6, 6.07) is 0. The molecule has 0 aliphatic carbocycles. The lowest BCUT2D eigenvalue weighted by atomic mass is 10.9. The molecule has 0 rings (SSSR count). The second kappa shape index (κ2) is 7.02. The minimum absolute atomic E-state index is 0.183. The molecule has 0 amide bonds. The van der Waals surface area contributed by atoms with Crippen molar-refractivity contribution < 1.29 is 18.5 Å². The van der Waals surface area contributed by atoms with Crippen LogP contribution in [0.15, 0.2) is 0 Å². The van der Waals surface area contributed by atoms with Crippen LogP contribution in [0, 0.1) is 0 Å². The number of alkyl halides is 2. The summed E-state index contributed by atoms with van der Waals surface area (Å²) in [4.78, 5) is 10.7. The SMILES string of the molecule is [O]P(=O)(OCCI)OCCI. The highest BCUT2D eigenvalue weighted by atomic mass is 127. The fourth-order valence-corrected chi connectivity index (χ4v) is 2.17. The molecule has 11 heavy (non-hydrogen) atoms. The molecule has 0 aliphatic rings. The normalized spacial score (nSPS) is 11.9. The molecule has 0 N–H and O–H groups in total. The number of rotatable bonds is 6. The van der Waals surface area contributed by atoms with Crippen LogP contribution in [0.5, 0.6) is 0 Å². The van der Waals surface area contributed by atoms with Crippen molar-refractivity contribution in [2.75, 3.05) is 22.1 Å². The average molecular weight is 405 g/mol. The zero-order valence-corrected chi connectivity index (χ0v) is 10.9. The Morgan fingerprint density at radius 1 is 1.09 bits per heavy atom. The van der Waals surface area contributed by atoms with Crippen molar-refractivity contribution in [3.05, 3.63) is 0 Å². The molecule has 7 heteroatoms. The fraction of sp³-hybridized carbons (Fsp3) is 1.00. The molecule has 0 fully saturated rings. The van der Waals surface area contributed by atoms with Gasteiger partial charge in [-0.2, -0.15) is 0 Å². The Bertz CT molecular complexity index is 130. The molecule has 0 bridgehead atoms. The molecule has 1 radical (unpaired) electrons. The van der Waals surface area contributed by atoms with E-state index in [1.165, 1.54) is 0 Å². The lowest BCUT2D eigenvalue weighted by Gasteiger charge is -2.07. The van der Waals surface area contributed by atoms with Crippen LogP contribution < -0.4 is 0 Å². The molecule has 0 saturated carbocycles. The highest BCUT2D eigenvalue weighted by Gasteiger charge is 2.22. The van der Waals surface area contributed by atoms with Crippen LogP contribution in [-0.2, 0) is 18.5 Å². The summed E-state index contributed by atoms with van der Waals surface area (Å²) >= 11 is 4.05. The maximum atomic E-state index is 10.7. The molecule has 0 aliphatic heterocycles. The monoisotopic (exact) mass is 405 g/mol. The predicted molar refractivity (Wildman–Crippen MR) is 58.0 cm³/mol. The van der Waals surface area contributed by atoms with Crippen LogP contribution in [0.3, 0.4) is 0 Å². The smallest absolute Gasteiger partial charge is 0.284 e. The van der Waals surface area contributed by atoms with Crippen LogP contribution in [0.25, 0.3) is 0 Å². The lowest BCUT2D eigenvalue weighted by Crippen LogP contribution is -1.98. The second-order valence-corrected chi connectivity index (χ2v) is 5.06. The first kappa shape index (κ1) is 12.6. The maximum Gasteiger partial charge on any atom is 0.502 e. The first-order valence-corrected chi connectivity index (χ1v) is 7.35. The van der Waals surface area contributed by atoms with Gasteiger partial charge in [-0.25, -0.2) is 4.57 Å². The molecule has 4 nitrogen and oxygen atoms in total. The van der Waals surface area contributed by atoms with E-state index in [9.17, 15) is 9.46 Å². The van der Waals surface area contributed by atoms with E-state index in [4.69, 9.17) is 0 Å². The standard InChI is InChI=1S/C4H8I2O4P/c5-1-3-9-11(7,8)10-4-2-6/h1-4H2. The van der Waals surface area contributed by atoms with Crippen LogP contribution in [0.4, 0.5) is 0 Å². The summed E-state index contributed by atoms with van der Waals surface area (Å²) in [7, 11) is -3.99. The molecular weight excluding hydrogens is 397 g/mol. The van der Waals surface area contributed by atoms with Crippen molar-refractivity contribution in [1.29, 1.82) is 0 Å². The van der Waals surface area contributed by atoms with E-state index in [1.807, 2.05) is 45.2 Å². The van der Waals surface area contributed by atoms with E-state index in [1.54, 1.807) is 0 Å². The summed E-state index contributed by atoms with van der Waals surface area (Å²) in [5.41, 5.74) is 0. The molecule has 0 aromatic carbocycles. The van der Waals surface area contributed by atoms with Crippen molar-refractivity contribution in [2.24, 2.45) is 0 Å². The summed E-state index contributed by atoms with van der Waals surface area (Å²) in [5, 5.41) is 0. The highest BCUT2D eigenvalue weighted by molar-refractivity contribution is 14.1. The quantitative estimate of drug-likeness (QED) is 0.388. The van der Waals surface area contributed by atoms with Crippen LogP contribution in [0.2, 0.25) is 0 Å². The van der Waals surface area contributed by atoms with Gasteiger partial charge in [-0.05, 0) is 0 Å². The third-order valence-electron chi connectivity index (χ3n) is 0.653. The molecule has 67 valence electrons. The number of hydrogen-bond acceptors (Lipinski definition) is 3. The van der Waals surface area contributed by atoms with Gasteiger partial charge >= 0.3 is 7.82 Å². The minimum Gasteiger partial charge on any atom is -0.284 e. The Balaban J connectivity index is 3.53. The van der Waals surface area contributed by atoms with Gasteiger partial charge in [0.25, 0.3) is 0 Å². The first-order chi connectivity index (χ1) is 5.12. The van der Waals surface area contributed by atoms with Gasteiger partial charge in [0.1, 0.15) is 0 Å². The molecular formula is C4H8I2O4P. The van der Waals surface area contributed by atoms with Gasteiger partial charge in [0.2, 0.25) is 0 Å². The van der Waals surface area contributed by atoms with Gasteiger partial charge in [-0.1, -0.05) is 45.2 Å². The third-order valence-corrected chi connectivity index (χ3v) is 2.53. The Kier molecular flexibility index (Phi) is 8.02. The van der Waals surface area contributed by atoms with Crippen molar-refractivity contribution in [2.45, 2.75) is 0 Å². The van der Waals surface area contributed by atoms with E-state index in [2.05, 4.69) is 9.05 Å². The zero-order chi connectivity index (χ0) is 8.74. The summed E-state index contributed by atoms with van der Waals surface area (Å²) < 4.78 is 20.9. The van der Waals surface area contributed by atoms with Crippen LogP contribution in [0.1, 0.15) is 0 Å². The summed E-state index contributed by atoms with van der Waals surface area (Å²) in [6.45, 7) is 0.366. The molecule has 0 aromatic rings. The highest BCUT2D eigenvalue weighted by Crippen LogP contribution is 2.44. The topological polar surface area (TPSA) is 55.4 Å². The molecule has 0 saturated heterocycles. The van der Waals surface area contributed by atoms with E-state index in [0.717, 1.165) is 0 Å². The predicted octanol–water partition coefficient (Wildman–Crippen LogP) is 2.43. The van der Waals surface area contributed by atoms with Crippen molar-refractivity contribution in [3.63, 3.8) is 0 Å². The molecule has 0 aromatic heterocycles. The van der Waals surface area contributed by atoms with Crippen molar-refractivity contribution in [1.82, 2.24) is 0 Å². The van der Waals surface area contributed by atoms with Gasteiger partial charge in [-0.3, -0.25) is 9.05 Å². The molecule has 0 unspecified atom stereocenters. The van der Waals surface area contributed by atoms with E-state index in [0.29, 0.717) is 8.86 Å². The van der Waals surface area contributed by atoms with Crippen LogP contribution >= 0.6 is 53.0 Å². The Labute approximate surface area is 92.9 Å². The minimum atomic E-state index is -3.99. The molecule has 0 spiro atoms. The van der Waals surface area contributed by atoms with Gasteiger partial charge in [0, 0.05) is 8.86 Å². The number of halogens is 2. The molecule has 0 heterocycles. The largest absolute Gasteiger partial charge is 0.502 e. The lowest BCUT2D eigenvalue weighted by molar-refractivity contribution is 0.141. The zero-order valence-electron chi connectivity index (χ0n) is 5.66. The van der Waals surface area contributed by atoms with Crippen molar-refractivity contribution in [3.8, 4) is 0 Å². The van der Waals surface area contributed by atoms with E-state index in [-0.39, 0.29) is 13.2 Å². The van der Waals surface area contributed by atoms with E-state index < -0.39 is 7.82 Å². The fourth-order valence-electron chi connectivity index (χ4n) is 0.330. The van der Waals surface area contributed by atoms with Crippen LogP contribution in [-0.4, -0.2) is 22.1 Å². The van der Waals surface area contributed by atoms with Gasteiger partial charge in [0.05, 0.1) is 13.2 Å². The number of hydrogen-bond donors (Lipinski definition) is 0. The first-order valence-electron chi connectivity index (χ1n) is 2.84. The molecule has 0 atom stereocenters. The third kappa shape index (κ3) is 7.92. The Morgan fingerprint density at radius 2 is 1.45 bits per heavy atom. The van der Waals surface area contributed by atoms with Gasteiger partial charge in [0.15, 0.2) is 0 Å². The summed E-state index contributed by atoms with van der Waals surface area (Å²) in [5.74, 6) is 0. The average Bonchev–Trinajstić information content (AvgIpc) is 1.97. The van der Waals surface area contributed by atoms with Gasteiger partial charge in [-0.15, -0.1) is 4.89 Å². The van der Waals surface area contributed by atoms with Crippen molar-refractivity contribution >= 4 is 53.0 Å². The second-order valence-electron chi connectivity index (χ2n) is 1.49. The Hall–Kier alpha value is 1.57.